The second kappa shape index (κ2) is 6.46. The number of nitrogens with zero attached hydrogens (tertiary/aromatic N) is 2. The lowest BCUT2D eigenvalue weighted by Crippen LogP contribution is -2.41. The molecule has 0 aliphatic carbocycles. The Morgan fingerprint density at radius 3 is 2.05 bits per heavy atom. The summed E-state index contributed by atoms with van der Waals surface area (Å²) in [6.45, 7) is 0.691. The second-order valence-electron chi connectivity index (χ2n) is 3.94. The van der Waals surface area contributed by atoms with E-state index < -0.39 is 30.2 Å². The molecule has 1 rings (SSSR count). The number of halogens is 3. The molecule has 0 aliphatic rings. The van der Waals surface area contributed by atoms with E-state index in [9.17, 15) is 18.0 Å². The SMILES string of the molecule is COc1cc(OC)nc(OC(C(=O)O)C(C)C(F)(F)F)n1. The number of ether oxygens (including phenoxy) is 3. The number of rotatable bonds is 6. The number of carboxylic acids is 1. The van der Waals surface area contributed by atoms with Crippen molar-refractivity contribution in [2.24, 2.45) is 5.92 Å². The number of alkyl halides is 3. The minimum atomic E-state index is -4.74. The van der Waals surface area contributed by atoms with Crippen LogP contribution in [-0.4, -0.2) is 47.5 Å². The van der Waals surface area contributed by atoms with Crippen LogP contribution in [0, 0.1) is 5.92 Å². The maximum atomic E-state index is 12.6. The van der Waals surface area contributed by atoms with Gasteiger partial charge >= 0.3 is 18.2 Å². The molecule has 0 radical (unpaired) electrons. The van der Waals surface area contributed by atoms with Gasteiger partial charge in [-0.3, -0.25) is 0 Å². The molecule has 1 N–H and O–H groups in total. The van der Waals surface area contributed by atoms with E-state index in [2.05, 4.69) is 9.97 Å². The Hall–Kier alpha value is -2.26. The van der Waals surface area contributed by atoms with E-state index in [0.717, 1.165) is 0 Å². The van der Waals surface area contributed by atoms with Crippen molar-refractivity contribution in [1.29, 1.82) is 0 Å². The standard InChI is InChI=1S/C11H13F3N2O5/c1-5(11(12,13)14)8(9(17)18)21-10-15-6(19-2)4-7(16-10)20-3/h4-5,8H,1-3H3,(H,17,18). The summed E-state index contributed by atoms with van der Waals surface area (Å²) in [7, 11) is 2.52. The van der Waals surface area contributed by atoms with Crippen LogP contribution in [-0.2, 0) is 4.79 Å². The molecule has 0 spiro atoms. The second-order valence-corrected chi connectivity index (χ2v) is 3.94. The Balaban J connectivity index is 3.07. The van der Waals surface area contributed by atoms with Crippen LogP contribution in [0.4, 0.5) is 13.2 Å². The van der Waals surface area contributed by atoms with Gasteiger partial charge in [0.2, 0.25) is 17.9 Å². The smallest absolute Gasteiger partial charge is 0.395 e. The Labute approximate surface area is 117 Å². The molecule has 10 heteroatoms. The van der Waals surface area contributed by atoms with Gasteiger partial charge in [0.1, 0.15) is 5.92 Å². The van der Waals surface area contributed by atoms with Crippen molar-refractivity contribution in [3.05, 3.63) is 6.07 Å². The van der Waals surface area contributed by atoms with Gasteiger partial charge in [-0.25, -0.2) is 4.79 Å². The Morgan fingerprint density at radius 2 is 1.71 bits per heavy atom. The minimum Gasteiger partial charge on any atom is -0.481 e. The fourth-order valence-electron chi connectivity index (χ4n) is 1.30. The summed E-state index contributed by atoms with van der Waals surface area (Å²) in [6, 6.07) is 0.672. The monoisotopic (exact) mass is 310 g/mol. The molecule has 0 aromatic carbocycles. The van der Waals surface area contributed by atoms with Gasteiger partial charge in [0, 0.05) is 0 Å². The van der Waals surface area contributed by atoms with E-state index in [1.807, 2.05) is 0 Å². The van der Waals surface area contributed by atoms with Gasteiger partial charge in [0.15, 0.2) is 0 Å². The number of aliphatic carboxylic acids is 1. The van der Waals surface area contributed by atoms with Crippen LogP contribution >= 0.6 is 0 Å². The van der Waals surface area contributed by atoms with Crippen molar-refractivity contribution in [1.82, 2.24) is 9.97 Å². The summed E-state index contributed by atoms with van der Waals surface area (Å²) in [5, 5.41) is 8.88. The molecule has 0 bridgehead atoms. The lowest BCUT2D eigenvalue weighted by molar-refractivity contribution is -0.199. The summed E-state index contributed by atoms with van der Waals surface area (Å²) in [5.41, 5.74) is 0. The molecular weight excluding hydrogens is 297 g/mol. The molecule has 7 nitrogen and oxygen atoms in total. The molecule has 0 aliphatic heterocycles. The maximum Gasteiger partial charge on any atom is 0.395 e. The number of hydrogen-bond acceptors (Lipinski definition) is 6. The fraction of sp³-hybridized carbons (Fsp3) is 0.545. The van der Waals surface area contributed by atoms with Crippen LogP contribution in [0.1, 0.15) is 6.92 Å². The zero-order chi connectivity index (χ0) is 16.2. The molecule has 21 heavy (non-hydrogen) atoms. The average Bonchev–Trinajstić information content (AvgIpc) is 2.42. The van der Waals surface area contributed by atoms with Crippen LogP contribution in [0.2, 0.25) is 0 Å². The van der Waals surface area contributed by atoms with E-state index in [4.69, 9.17) is 19.3 Å². The first kappa shape index (κ1) is 16.8. The van der Waals surface area contributed by atoms with Gasteiger partial charge < -0.3 is 19.3 Å². The highest BCUT2D eigenvalue weighted by molar-refractivity contribution is 5.73. The Kier molecular flexibility index (Phi) is 5.17. The highest BCUT2D eigenvalue weighted by Gasteiger charge is 2.46. The Morgan fingerprint density at radius 1 is 1.24 bits per heavy atom. The van der Waals surface area contributed by atoms with Gasteiger partial charge in [-0.1, -0.05) is 0 Å². The maximum absolute atomic E-state index is 12.6. The number of aromatic nitrogens is 2. The lowest BCUT2D eigenvalue weighted by atomic mass is 10.0. The minimum absolute atomic E-state index is 0.0411. The predicted octanol–water partition coefficient (Wildman–Crippen LogP) is 1.52. The third-order valence-electron chi connectivity index (χ3n) is 2.52. The van der Waals surface area contributed by atoms with E-state index in [0.29, 0.717) is 6.92 Å². The summed E-state index contributed by atoms with van der Waals surface area (Å²) in [4.78, 5) is 18.2. The van der Waals surface area contributed by atoms with Crippen molar-refractivity contribution in [3.8, 4) is 17.8 Å². The molecule has 0 amide bonds. The summed E-state index contributed by atoms with van der Waals surface area (Å²) in [5.74, 6) is -4.12. The van der Waals surface area contributed by atoms with Crippen LogP contribution in [0.5, 0.6) is 17.8 Å². The molecule has 0 saturated carbocycles. The summed E-state index contributed by atoms with van der Waals surface area (Å²) < 4.78 is 52.2. The number of carbonyl (C=O) groups is 1. The third kappa shape index (κ3) is 4.36. The first-order valence-electron chi connectivity index (χ1n) is 5.62. The van der Waals surface area contributed by atoms with Gasteiger partial charge in [0.05, 0.1) is 20.3 Å². The highest BCUT2D eigenvalue weighted by atomic mass is 19.4. The summed E-state index contributed by atoms with van der Waals surface area (Å²) in [6.07, 6.45) is -6.94. The van der Waals surface area contributed by atoms with Crippen LogP contribution in [0.25, 0.3) is 0 Å². The Bertz CT molecular complexity index is 487. The van der Waals surface area contributed by atoms with Crippen molar-refractivity contribution in [2.75, 3.05) is 14.2 Å². The highest BCUT2D eigenvalue weighted by Crippen LogP contribution is 2.31. The van der Waals surface area contributed by atoms with Crippen molar-refractivity contribution in [2.45, 2.75) is 19.2 Å². The van der Waals surface area contributed by atoms with Gasteiger partial charge in [0.25, 0.3) is 0 Å². The van der Waals surface area contributed by atoms with E-state index in [1.165, 1.54) is 20.3 Å². The predicted molar refractivity (Wildman–Crippen MR) is 62.4 cm³/mol. The normalized spacial score (nSPS) is 14.2. The number of hydrogen-bond donors (Lipinski definition) is 1. The molecule has 1 aromatic heterocycles. The fourth-order valence-corrected chi connectivity index (χ4v) is 1.30. The van der Waals surface area contributed by atoms with Crippen LogP contribution in [0.3, 0.4) is 0 Å². The average molecular weight is 310 g/mol. The molecule has 118 valence electrons. The quantitative estimate of drug-likeness (QED) is 0.852. The molecule has 2 atom stereocenters. The molecular formula is C11H13F3N2O5. The topological polar surface area (TPSA) is 90.8 Å². The van der Waals surface area contributed by atoms with Crippen molar-refractivity contribution in [3.63, 3.8) is 0 Å². The van der Waals surface area contributed by atoms with Gasteiger partial charge in [-0.05, 0) is 6.92 Å². The zero-order valence-corrected chi connectivity index (χ0v) is 11.3. The number of carboxylic acid groups (broad SMARTS) is 1. The van der Waals surface area contributed by atoms with Crippen molar-refractivity contribution < 1.29 is 37.3 Å². The molecule has 1 heterocycles. The van der Waals surface area contributed by atoms with E-state index in [1.54, 1.807) is 0 Å². The molecule has 0 fully saturated rings. The number of methoxy groups -OCH3 is 2. The molecule has 0 saturated heterocycles. The van der Waals surface area contributed by atoms with Gasteiger partial charge in [-0.15, -0.1) is 0 Å². The van der Waals surface area contributed by atoms with E-state index in [-0.39, 0.29) is 11.8 Å². The summed E-state index contributed by atoms with van der Waals surface area (Å²) >= 11 is 0. The lowest BCUT2D eigenvalue weighted by Gasteiger charge is -2.22. The molecule has 2 unspecified atom stereocenters. The zero-order valence-electron chi connectivity index (χ0n) is 11.3. The third-order valence-corrected chi connectivity index (χ3v) is 2.52. The van der Waals surface area contributed by atoms with Crippen LogP contribution < -0.4 is 14.2 Å². The first-order valence-corrected chi connectivity index (χ1v) is 5.62. The van der Waals surface area contributed by atoms with Crippen molar-refractivity contribution >= 4 is 5.97 Å². The molecule has 1 aromatic rings. The largest absolute Gasteiger partial charge is 0.481 e. The van der Waals surface area contributed by atoms with Gasteiger partial charge in [-0.2, -0.15) is 23.1 Å². The first-order chi connectivity index (χ1) is 9.68. The van der Waals surface area contributed by atoms with Crippen LogP contribution in [0.15, 0.2) is 6.07 Å². The van der Waals surface area contributed by atoms with E-state index >= 15 is 0 Å².